The van der Waals surface area contributed by atoms with Crippen molar-refractivity contribution < 1.29 is 54.1 Å². The molecule has 4 aromatic rings. The summed E-state index contributed by atoms with van der Waals surface area (Å²) in [6.07, 6.45) is -7.66. The molecule has 5 rings (SSSR count). The van der Waals surface area contributed by atoms with E-state index in [1.54, 1.807) is 0 Å². The number of phenols is 3. The van der Waals surface area contributed by atoms with Crippen LogP contribution in [0.4, 0.5) is 0 Å². The van der Waals surface area contributed by atoms with Crippen molar-refractivity contribution in [3.05, 3.63) is 34.7 Å². The van der Waals surface area contributed by atoms with Crippen molar-refractivity contribution in [2.24, 2.45) is 0 Å². The maximum atomic E-state index is 12.6. The lowest BCUT2D eigenvalue weighted by atomic mass is 9.99. The zero-order valence-corrected chi connectivity index (χ0v) is 16.6. The molecule has 2 aromatic heterocycles. The van der Waals surface area contributed by atoms with Crippen LogP contribution >= 0.6 is 0 Å². The third-order valence-electron chi connectivity index (χ3n) is 5.57. The number of furan rings is 1. The molecule has 12 heteroatoms. The number of aliphatic hydroxyl groups is 4. The first-order chi connectivity index (χ1) is 15.7. The standard InChI is InChI=1S/C21H18O12/c22-5-13-16(26)17(27)18(28)21(33-13)30-6-1-10(25)15-12(2-6)32-20(29)14-7-3-8(23)9(24)4-11(7)31-19(14)15/h1-4,13,16-18,21-28H,5H2. The highest BCUT2D eigenvalue weighted by molar-refractivity contribution is 6.15. The summed E-state index contributed by atoms with van der Waals surface area (Å²) in [7, 11) is 0. The molecule has 0 bridgehead atoms. The molecule has 2 aromatic carbocycles. The van der Waals surface area contributed by atoms with Crippen LogP contribution in [0.15, 0.2) is 37.9 Å². The molecule has 0 aliphatic carbocycles. The van der Waals surface area contributed by atoms with Crippen molar-refractivity contribution >= 4 is 32.9 Å². The normalized spacial score (nSPS) is 25.8. The lowest BCUT2D eigenvalue weighted by Gasteiger charge is -2.39. The Labute approximate surface area is 182 Å². The molecule has 0 radical (unpaired) electrons. The first-order valence-electron chi connectivity index (χ1n) is 9.74. The van der Waals surface area contributed by atoms with Crippen LogP contribution in [0.2, 0.25) is 0 Å². The third kappa shape index (κ3) is 3.23. The van der Waals surface area contributed by atoms with E-state index in [1.807, 2.05) is 0 Å². The van der Waals surface area contributed by atoms with E-state index in [0.29, 0.717) is 0 Å². The molecule has 1 aliphatic rings. The fraction of sp³-hybridized carbons (Fsp3) is 0.286. The van der Waals surface area contributed by atoms with Crippen molar-refractivity contribution in [3.63, 3.8) is 0 Å². The van der Waals surface area contributed by atoms with Gasteiger partial charge < -0.3 is 54.1 Å². The SMILES string of the molecule is O=c1oc2cc(OC3OC(CO)C(O)C(O)C3O)cc(O)c2c2oc3cc(O)c(O)cc3c12. The molecule has 0 spiro atoms. The molecule has 1 aliphatic heterocycles. The number of hydrogen-bond donors (Lipinski definition) is 7. The molecule has 5 atom stereocenters. The quantitative estimate of drug-likeness (QED) is 0.159. The van der Waals surface area contributed by atoms with E-state index >= 15 is 0 Å². The molecule has 174 valence electrons. The van der Waals surface area contributed by atoms with Crippen LogP contribution in [0.3, 0.4) is 0 Å². The van der Waals surface area contributed by atoms with Gasteiger partial charge in [-0.05, 0) is 6.07 Å². The number of benzene rings is 2. The van der Waals surface area contributed by atoms with E-state index in [1.165, 1.54) is 6.07 Å². The van der Waals surface area contributed by atoms with Crippen molar-refractivity contribution in [1.82, 2.24) is 0 Å². The van der Waals surface area contributed by atoms with Crippen LogP contribution in [-0.2, 0) is 4.74 Å². The largest absolute Gasteiger partial charge is 0.507 e. The maximum Gasteiger partial charge on any atom is 0.348 e. The average Bonchev–Trinajstić information content (AvgIpc) is 3.12. The first kappa shape index (κ1) is 21.3. The monoisotopic (exact) mass is 462 g/mol. The van der Waals surface area contributed by atoms with Crippen LogP contribution in [0.25, 0.3) is 32.9 Å². The van der Waals surface area contributed by atoms with Crippen molar-refractivity contribution in [3.8, 4) is 23.0 Å². The van der Waals surface area contributed by atoms with Gasteiger partial charge in [-0.1, -0.05) is 0 Å². The van der Waals surface area contributed by atoms with Crippen molar-refractivity contribution in [2.75, 3.05) is 6.61 Å². The van der Waals surface area contributed by atoms with Crippen LogP contribution in [0.1, 0.15) is 0 Å². The van der Waals surface area contributed by atoms with E-state index in [2.05, 4.69) is 0 Å². The van der Waals surface area contributed by atoms with Gasteiger partial charge in [-0.3, -0.25) is 0 Å². The molecule has 0 amide bonds. The molecule has 5 unspecified atom stereocenters. The Morgan fingerprint density at radius 2 is 1.55 bits per heavy atom. The van der Waals surface area contributed by atoms with E-state index in [9.17, 15) is 40.5 Å². The van der Waals surface area contributed by atoms with E-state index in [4.69, 9.17) is 18.3 Å². The minimum absolute atomic E-state index is 0.000863. The summed E-state index contributed by atoms with van der Waals surface area (Å²) in [6.45, 7) is -0.655. The fourth-order valence-electron chi connectivity index (χ4n) is 3.90. The van der Waals surface area contributed by atoms with Gasteiger partial charge in [0.25, 0.3) is 0 Å². The second-order valence-electron chi connectivity index (χ2n) is 7.66. The summed E-state index contributed by atoms with van der Waals surface area (Å²) in [4.78, 5) is 12.6. The summed E-state index contributed by atoms with van der Waals surface area (Å²) < 4.78 is 21.7. The Balaban J connectivity index is 1.61. The number of fused-ring (bicyclic) bond motifs is 5. The highest BCUT2D eigenvalue weighted by atomic mass is 16.7. The second kappa shape index (κ2) is 7.50. The fourth-order valence-corrected chi connectivity index (χ4v) is 3.90. The van der Waals surface area contributed by atoms with Gasteiger partial charge in [0.1, 0.15) is 57.9 Å². The summed E-state index contributed by atoms with van der Waals surface area (Å²) in [5.41, 5.74) is -0.996. The Bertz CT molecular complexity index is 1430. The maximum absolute atomic E-state index is 12.6. The lowest BCUT2D eigenvalue weighted by Crippen LogP contribution is -2.60. The van der Waals surface area contributed by atoms with Gasteiger partial charge in [-0.2, -0.15) is 0 Å². The van der Waals surface area contributed by atoms with Gasteiger partial charge >= 0.3 is 5.63 Å². The molecule has 3 heterocycles. The summed E-state index contributed by atoms with van der Waals surface area (Å²) in [5, 5.41) is 69.4. The third-order valence-corrected chi connectivity index (χ3v) is 5.57. The zero-order valence-electron chi connectivity index (χ0n) is 16.6. The van der Waals surface area contributed by atoms with E-state index in [-0.39, 0.29) is 38.7 Å². The van der Waals surface area contributed by atoms with Crippen LogP contribution in [0, 0.1) is 0 Å². The molecule has 1 fully saturated rings. The zero-order chi connectivity index (χ0) is 23.6. The predicted octanol–water partition coefficient (Wildman–Crippen LogP) is -0.0121. The molecule has 12 nitrogen and oxygen atoms in total. The molecule has 0 saturated carbocycles. The predicted molar refractivity (Wildman–Crippen MR) is 109 cm³/mol. The Morgan fingerprint density at radius 1 is 0.818 bits per heavy atom. The number of hydrogen-bond acceptors (Lipinski definition) is 12. The topological polar surface area (TPSA) is 203 Å². The van der Waals surface area contributed by atoms with Crippen molar-refractivity contribution in [1.29, 1.82) is 0 Å². The Kier molecular flexibility index (Phi) is 4.84. The Hall–Kier alpha value is -3.55. The summed E-state index contributed by atoms with van der Waals surface area (Å²) in [5.74, 6) is -1.50. The molecule has 33 heavy (non-hydrogen) atoms. The van der Waals surface area contributed by atoms with E-state index in [0.717, 1.165) is 18.2 Å². The second-order valence-corrected chi connectivity index (χ2v) is 7.66. The van der Waals surface area contributed by atoms with Crippen LogP contribution in [0.5, 0.6) is 23.0 Å². The molecule has 7 N–H and O–H groups in total. The van der Waals surface area contributed by atoms with Crippen LogP contribution < -0.4 is 10.4 Å². The van der Waals surface area contributed by atoms with Gasteiger partial charge in [-0.15, -0.1) is 0 Å². The first-order valence-corrected chi connectivity index (χ1v) is 9.74. The number of ether oxygens (including phenoxy) is 2. The summed E-state index contributed by atoms with van der Waals surface area (Å²) in [6, 6.07) is 4.57. The number of aromatic hydroxyl groups is 3. The molecular weight excluding hydrogens is 444 g/mol. The minimum Gasteiger partial charge on any atom is -0.507 e. The minimum atomic E-state index is -1.69. The van der Waals surface area contributed by atoms with Gasteiger partial charge in [0.2, 0.25) is 6.29 Å². The summed E-state index contributed by atoms with van der Waals surface area (Å²) >= 11 is 0. The van der Waals surface area contributed by atoms with E-state index < -0.39 is 60.2 Å². The lowest BCUT2D eigenvalue weighted by molar-refractivity contribution is -0.277. The number of rotatable bonds is 3. The van der Waals surface area contributed by atoms with Gasteiger partial charge in [0, 0.05) is 23.6 Å². The highest BCUT2D eigenvalue weighted by Gasteiger charge is 2.44. The Morgan fingerprint density at radius 3 is 2.27 bits per heavy atom. The highest BCUT2D eigenvalue weighted by Crippen LogP contribution is 2.41. The smallest absolute Gasteiger partial charge is 0.348 e. The van der Waals surface area contributed by atoms with Gasteiger partial charge in [0.05, 0.1) is 6.61 Å². The van der Waals surface area contributed by atoms with Gasteiger partial charge in [-0.25, -0.2) is 4.79 Å². The number of aliphatic hydroxyl groups excluding tert-OH is 4. The molecule has 1 saturated heterocycles. The average molecular weight is 462 g/mol. The van der Waals surface area contributed by atoms with Crippen LogP contribution in [-0.4, -0.2) is 73.1 Å². The van der Waals surface area contributed by atoms with Gasteiger partial charge in [0.15, 0.2) is 17.1 Å². The van der Waals surface area contributed by atoms with Crippen molar-refractivity contribution in [2.45, 2.75) is 30.7 Å². The number of phenolic OH excluding ortho intramolecular Hbond substituents is 3. The molecular formula is C21H18O12.